The summed E-state index contributed by atoms with van der Waals surface area (Å²) in [6.45, 7) is 2.97. The number of rotatable bonds is 1. The third-order valence-electron chi connectivity index (χ3n) is 5.86. The molecule has 4 bridgehead atoms. The smallest absolute Gasteiger partial charge is 0.254 e. The van der Waals surface area contributed by atoms with Gasteiger partial charge in [0.2, 0.25) is 0 Å². The molecule has 1 aromatic rings. The van der Waals surface area contributed by atoms with Crippen molar-refractivity contribution in [3.8, 4) is 0 Å². The van der Waals surface area contributed by atoms with Gasteiger partial charge in [0.15, 0.2) is 0 Å². The number of fused-ring (bicyclic) bond motifs is 1. The van der Waals surface area contributed by atoms with Crippen molar-refractivity contribution in [3.05, 3.63) is 29.3 Å². The molecule has 3 nitrogen and oxygen atoms in total. The Balaban J connectivity index is 0.00000144. The molecule has 2 aliphatic carbocycles. The molecule has 22 heavy (non-hydrogen) atoms. The predicted molar refractivity (Wildman–Crippen MR) is 91.2 cm³/mol. The van der Waals surface area contributed by atoms with Crippen molar-refractivity contribution >= 4 is 24.0 Å². The number of amides is 1. The molecular weight excluding hydrogens is 296 g/mol. The van der Waals surface area contributed by atoms with Crippen molar-refractivity contribution < 1.29 is 4.79 Å². The summed E-state index contributed by atoms with van der Waals surface area (Å²) in [5, 5.41) is 0. The number of anilines is 1. The van der Waals surface area contributed by atoms with Crippen LogP contribution in [0.1, 0.15) is 48.0 Å². The molecule has 1 amide bonds. The quantitative estimate of drug-likeness (QED) is 0.803. The van der Waals surface area contributed by atoms with E-state index in [4.69, 9.17) is 5.73 Å². The molecule has 0 aromatic heterocycles. The van der Waals surface area contributed by atoms with Gasteiger partial charge < -0.3 is 10.6 Å². The fourth-order valence-electron chi connectivity index (χ4n) is 5.06. The highest BCUT2D eigenvalue weighted by Crippen LogP contribution is 2.47. The van der Waals surface area contributed by atoms with Crippen molar-refractivity contribution in [2.24, 2.45) is 17.8 Å². The van der Waals surface area contributed by atoms with E-state index in [0.717, 1.165) is 35.4 Å². The monoisotopic (exact) mass is 320 g/mol. The van der Waals surface area contributed by atoms with Crippen molar-refractivity contribution in [1.29, 1.82) is 0 Å². The fraction of sp³-hybridized carbons (Fsp3) is 0.611. The van der Waals surface area contributed by atoms with E-state index in [2.05, 4.69) is 4.90 Å². The Bertz CT molecular complexity index is 574. The van der Waals surface area contributed by atoms with Crippen molar-refractivity contribution in [2.45, 2.75) is 45.1 Å². The maximum absolute atomic E-state index is 13.1. The molecule has 2 unspecified atom stereocenters. The van der Waals surface area contributed by atoms with Crippen LogP contribution in [-0.4, -0.2) is 23.4 Å². The Kier molecular flexibility index (Phi) is 4.11. The van der Waals surface area contributed by atoms with Crippen molar-refractivity contribution in [2.75, 3.05) is 12.3 Å². The van der Waals surface area contributed by atoms with Crippen LogP contribution in [0.4, 0.5) is 5.69 Å². The second-order valence-electron chi connectivity index (χ2n) is 7.46. The zero-order chi connectivity index (χ0) is 14.6. The van der Waals surface area contributed by atoms with Gasteiger partial charge in [-0.2, -0.15) is 0 Å². The number of nitrogens with zero attached hydrogens (tertiary/aromatic N) is 1. The number of nitrogen functional groups attached to an aromatic ring is 1. The number of carbonyl (C=O) groups excluding carboxylic acids is 1. The summed E-state index contributed by atoms with van der Waals surface area (Å²) in [7, 11) is 0. The fourth-order valence-corrected chi connectivity index (χ4v) is 5.06. The minimum absolute atomic E-state index is 0. The molecule has 2 saturated heterocycles. The SMILES string of the molecule is Cc1ccc(N)cc1C(=O)N1CC2CC3CC(C2)CC1C3.Cl. The first kappa shape index (κ1) is 15.7. The van der Waals surface area contributed by atoms with Crippen LogP contribution in [0.5, 0.6) is 0 Å². The first-order valence-electron chi connectivity index (χ1n) is 8.27. The van der Waals surface area contributed by atoms with E-state index in [1.165, 1.54) is 32.1 Å². The molecule has 0 spiro atoms. The number of hydrogen-bond donors (Lipinski definition) is 1. The second kappa shape index (κ2) is 5.77. The standard InChI is InChI=1S/C18H24N2O.ClH/c1-11-2-3-15(19)9-17(11)18(21)20-10-14-5-12-4-13(6-14)8-16(20)7-12;/h2-3,9,12-14,16H,4-8,10,19H2,1H3;1H. The van der Waals surface area contributed by atoms with E-state index in [9.17, 15) is 4.79 Å². The largest absolute Gasteiger partial charge is 0.399 e. The molecule has 4 heteroatoms. The molecule has 0 radical (unpaired) electrons. The van der Waals surface area contributed by atoms with Crippen LogP contribution < -0.4 is 5.73 Å². The van der Waals surface area contributed by atoms with Gasteiger partial charge in [-0.15, -0.1) is 12.4 Å². The molecule has 2 saturated carbocycles. The van der Waals surface area contributed by atoms with Gasteiger partial charge in [0.1, 0.15) is 0 Å². The Labute approximate surface area is 138 Å². The Morgan fingerprint density at radius 2 is 1.73 bits per heavy atom. The van der Waals surface area contributed by atoms with Crippen LogP contribution in [-0.2, 0) is 0 Å². The average Bonchev–Trinajstić information content (AvgIpc) is 2.65. The van der Waals surface area contributed by atoms with Crippen molar-refractivity contribution in [3.63, 3.8) is 0 Å². The predicted octanol–water partition coefficient (Wildman–Crippen LogP) is 3.65. The van der Waals surface area contributed by atoms with Crippen LogP contribution in [0.3, 0.4) is 0 Å². The molecule has 5 rings (SSSR count). The highest BCUT2D eigenvalue weighted by atomic mass is 35.5. The summed E-state index contributed by atoms with van der Waals surface area (Å²) < 4.78 is 0. The van der Waals surface area contributed by atoms with Crippen LogP contribution in [0.2, 0.25) is 0 Å². The zero-order valence-corrected chi connectivity index (χ0v) is 13.9. The maximum atomic E-state index is 13.1. The molecular formula is C18H25ClN2O. The number of carbonyl (C=O) groups is 1. The average molecular weight is 321 g/mol. The van der Waals surface area contributed by atoms with Gasteiger partial charge in [0.05, 0.1) is 0 Å². The van der Waals surface area contributed by atoms with Crippen LogP contribution in [0.15, 0.2) is 18.2 Å². The van der Waals surface area contributed by atoms with E-state index in [0.29, 0.717) is 11.7 Å². The van der Waals surface area contributed by atoms with Crippen LogP contribution in [0, 0.1) is 24.7 Å². The van der Waals surface area contributed by atoms with Gasteiger partial charge in [-0.25, -0.2) is 0 Å². The first-order valence-corrected chi connectivity index (χ1v) is 8.27. The number of halogens is 1. The van der Waals surface area contributed by atoms with Crippen LogP contribution in [0.25, 0.3) is 0 Å². The van der Waals surface area contributed by atoms with Gasteiger partial charge in [-0.05, 0) is 74.5 Å². The molecule has 120 valence electrons. The summed E-state index contributed by atoms with van der Waals surface area (Å²) in [6, 6.07) is 6.16. The Morgan fingerprint density at radius 1 is 1.09 bits per heavy atom. The maximum Gasteiger partial charge on any atom is 0.254 e. The summed E-state index contributed by atoms with van der Waals surface area (Å²) in [5.41, 5.74) is 8.42. The molecule has 2 atom stereocenters. The number of benzene rings is 1. The molecule has 2 heterocycles. The third kappa shape index (κ3) is 2.60. The lowest BCUT2D eigenvalue weighted by atomic mass is 9.68. The molecule has 2 aliphatic heterocycles. The highest BCUT2D eigenvalue weighted by Gasteiger charge is 2.44. The van der Waals surface area contributed by atoms with E-state index >= 15 is 0 Å². The lowest BCUT2D eigenvalue weighted by Gasteiger charge is -2.39. The Hall–Kier alpha value is -1.22. The first-order chi connectivity index (χ1) is 10.1. The summed E-state index contributed by atoms with van der Waals surface area (Å²) >= 11 is 0. The van der Waals surface area contributed by atoms with Gasteiger partial charge >= 0.3 is 0 Å². The number of nitrogens with two attached hydrogens (primary N) is 1. The van der Waals surface area contributed by atoms with E-state index in [1.807, 2.05) is 25.1 Å². The van der Waals surface area contributed by atoms with Gasteiger partial charge in [0, 0.05) is 23.8 Å². The van der Waals surface area contributed by atoms with Gasteiger partial charge in [-0.3, -0.25) is 4.79 Å². The Morgan fingerprint density at radius 3 is 2.41 bits per heavy atom. The normalized spacial score (nSPS) is 32.5. The topological polar surface area (TPSA) is 46.3 Å². The van der Waals surface area contributed by atoms with Gasteiger partial charge in [0.25, 0.3) is 5.91 Å². The summed E-state index contributed by atoms with van der Waals surface area (Å²) in [5.74, 6) is 2.67. The molecule has 4 aliphatic rings. The molecule has 1 aromatic carbocycles. The lowest BCUT2D eigenvalue weighted by molar-refractivity contribution is 0.0632. The van der Waals surface area contributed by atoms with Crippen molar-refractivity contribution in [1.82, 2.24) is 4.90 Å². The number of aryl methyl sites for hydroxylation is 1. The highest BCUT2D eigenvalue weighted by molar-refractivity contribution is 5.96. The zero-order valence-electron chi connectivity index (χ0n) is 13.1. The molecule has 2 N–H and O–H groups in total. The number of hydrogen-bond acceptors (Lipinski definition) is 2. The minimum atomic E-state index is 0. The van der Waals surface area contributed by atoms with E-state index in [1.54, 1.807) is 0 Å². The summed E-state index contributed by atoms with van der Waals surface area (Å²) in [4.78, 5) is 15.2. The molecule has 4 fully saturated rings. The van der Waals surface area contributed by atoms with E-state index in [-0.39, 0.29) is 18.3 Å². The summed E-state index contributed by atoms with van der Waals surface area (Å²) in [6.07, 6.45) is 6.53. The van der Waals surface area contributed by atoms with Crippen LogP contribution >= 0.6 is 12.4 Å². The lowest BCUT2D eigenvalue weighted by Crippen LogP contribution is -2.42. The minimum Gasteiger partial charge on any atom is -0.399 e. The second-order valence-corrected chi connectivity index (χ2v) is 7.46. The van der Waals surface area contributed by atoms with E-state index < -0.39 is 0 Å². The third-order valence-corrected chi connectivity index (χ3v) is 5.86. The van der Waals surface area contributed by atoms with Gasteiger partial charge in [-0.1, -0.05) is 6.07 Å².